The molecule has 9 nitrogen and oxygen atoms in total. The van der Waals surface area contributed by atoms with Gasteiger partial charge in [0, 0.05) is 30.9 Å². The number of nitrogens with zero attached hydrogens (tertiary/aromatic N) is 2. The van der Waals surface area contributed by atoms with Crippen LogP contribution >= 0.6 is 0 Å². The highest BCUT2D eigenvalue weighted by atomic mass is 32.2. The van der Waals surface area contributed by atoms with Crippen LogP contribution < -0.4 is 9.03 Å². The number of halogens is 1. The molecule has 2 unspecified atom stereocenters. The molecule has 0 aromatic heterocycles. The molecule has 2 aromatic rings. The zero-order valence-corrected chi connectivity index (χ0v) is 19.4. The summed E-state index contributed by atoms with van der Waals surface area (Å²) in [6, 6.07) is 5.14. The van der Waals surface area contributed by atoms with E-state index in [9.17, 15) is 23.1 Å². The SMILES string of the molecule is CC(C)(C)OC(=O)N1CCC(c2ccc3cc(O)c(N4C(C=O)CNS4(=O)=O)c(F)c3c2)C1. The van der Waals surface area contributed by atoms with Crippen molar-refractivity contribution in [1.29, 1.82) is 0 Å². The van der Waals surface area contributed by atoms with Gasteiger partial charge in [-0.1, -0.05) is 12.1 Å². The summed E-state index contributed by atoms with van der Waals surface area (Å²) in [6.07, 6.45) is 0.645. The smallest absolute Gasteiger partial charge is 0.410 e. The molecule has 11 heteroatoms. The van der Waals surface area contributed by atoms with E-state index in [1.807, 2.05) is 0 Å². The lowest BCUT2D eigenvalue weighted by Gasteiger charge is -2.24. The van der Waals surface area contributed by atoms with Gasteiger partial charge in [0.05, 0.1) is 0 Å². The Morgan fingerprint density at radius 1 is 1.30 bits per heavy atom. The van der Waals surface area contributed by atoms with Crippen LogP contribution in [0.2, 0.25) is 0 Å². The fraction of sp³-hybridized carbons (Fsp3) is 0.455. The Hall–Kier alpha value is -2.92. The van der Waals surface area contributed by atoms with E-state index in [0.717, 1.165) is 5.56 Å². The molecule has 2 aromatic carbocycles. The normalized spacial score (nSPS) is 22.7. The highest BCUT2D eigenvalue weighted by Gasteiger charge is 2.40. The highest BCUT2D eigenvalue weighted by molar-refractivity contribution is 7.91. The molecule has 2 fully saturated rings. The standard InChI is InChI=1S/C22H26FN3O6S/c1-22(2,3)32-21(29)25-7-6-15(11-25)13-4-5-14-9-18(28)20(19(23)17(14)8-13)26-16(12-27)10-24-33(26,30)31/h4-5,8-9,12,15-16,24,28H,6-7,10-11H2,1-3H3. The number of ether oxygens (including phenoxy) is 1. The number of aromatic hydroxyl groups is 1. The molecule has 0 bridgehead atoms. The molecule has 2 N–H and O–H groups in total. The average molecular weight is 480 g/mol. The van der Waals surface area contributed by atoms with Gasteiger partial charge in [-0.3, -0.25) is 0 Å². The van der Waals surface area contributed by atoms with Crippen LogP contribution in [0.25, 0.3) is 10.8 Å². The summed E-state index contributed by atoms with van der Waals surface area (Å²) in [7, 11) is -4.18. The van der Waals surface area contributed by atoms with Crippen LogP contribution in [-0.2, 0) is 19.7 Å². The number of carbonyl (C=O) groups is 2. The zero-order chi connectivity index (χ0) is 24.1. The highest BCUT2D eigenvalue weighted by Crippen LogP contribution is 2.40. The van der Waals surface area contributed by atoms with E-state index in [0.29, 0.717) is 35.5 Å². The number of amides is 1. The first-order chi connectivity index (χ1) is 15.4. The monoisotopic (exact) mass is 479 g/mol. The minimum absolute atomic E-state index is 0.0570. The molecule has 178 valence electrons. The first-order valence-corrected chi connectivity index (χ1v) is 12.0. The third kappa shape index (κ3) is 4.34. The van der Waals surface area contributed by atoms with Gasteiger partial charge in [-0.05, 0) is 50.3 Å². The number of nitrogens with one attached hydrogen (secondary N) is 1. The fourth-order valence-electron chi connectivity index (χ4n) is 4.24. The van der Waals surface area contributed by atoms with Gasteiger partial charge in [0.15, 0.2) is 5.82 Å². The van der Waals surface area contributed by atoms with Crippen molar-refractivity contribution in [1.82, 2.24) is 9.62 Å². The van der Waals surface area contributed by atoms with Gasteiger partial charge >= 0.3 is 16.3 Å². The van der Waals surface area contributed by atoms with Crippen LogP contribution in [-0.4, -0.2) is 62.1 Å². The number of carbonyl (C=O) groups excluding carboxylic acids is 2. The van der Waals surface area contributed by atoms with Gasteiger partial charge in [0.1, 0.15) is 29.4 Å². The van der Waals surface area contributed by atoms with Gasteiger partial charge in [-0.25, -0.2) is 13.5 Å². The Labute approximate surface area is 191 Å². The molecule has 2 aliphatic heterocycles. The molecule has 33 heavy (non-hydrogen) atoms. The summed E-state index contributed by atoms with van der Waals surface area (Å²) < 4.78 is 48.5. The lowest BCUT2D eigenvalue weighted by molar-refractivity contribution is -0.108. The minimum atomic E-state index is -4.18. The zero-order valence-electron chi connectivity index (χ0n) is 18.5. The molecular weight excluding hydrogens is 453 g/mol. The number of benzene rings is 2. The maximum atomic E-state index is 15.6. The van der Waals surface area contributed by atoms with Gasteiger partial charge < -0.3 is 19.5 Å². The maximum Gasteiger partial charge on any atom is 0.410 e. The van der Waals surface area contributed by atoms with Crippen molar-refractivity contribution in [3.05, 3.63) is 35.6 Å². The Bertz CT molecular complexity index is 1230. The summed E-state index contributed by atoms with van der Waals surface area (Å²) in [5, 5.41) is 10.9. The number of hydrogen-bond donors (Lipinski definition) is 2. The van der Waals surface area contributed by atoms with E-state index in [1.165, 1.54) is 6.07 Å². The van der Waals surface area contributed by atoms with E-state index < -0.39 is 45.2 Å². The lowest BCUT2D eigenvalue weighted by atomic mass is 9.95. The van der Waals surface area contributed by atoms with Crippen molar-refractivity contribution in [2.75, 3.05) is 23.9 Å². The maximum absolute atomic E-state index is 15.6. The summed E-state index contributed by atoms with van der Waals surface area (Å²) in [4.78, 5) is 25.4. The molecule has 2 heterocycles. The second-order valence-electron chi connectivity index (χ2n) is 9.30. The molecule has 0 spiro atoms. The van der Waals surface area contributed by atoms with Crippen molar-refractivity contribution < 1.29 is 32.2 Å². The predicted molar refractivity (Wildman–Crippen MR) is 120 cm³/mol. The quantitative estimate of drug-likeness (QED) is 0.654. The molecule has 2 atom stereocenters. The molecule has 2 saturated heterocycles. The van der Waals surface area contributed by atoms with Gasteiger partial charge in [-0.15, -0.1) is 0 Å². The van der Waals surface area contributed by atoms with Crippen molar-refractivity contribution in [2.45, 2.75) is 44.8 Å². The van der Waals surface area contributed by atoms with Crippen molar-refractivity contribution in [2.24, 2.45) is 0 Å². The number of hydrogen-bond acceptors (Lipinski definition) is 6. The molecule has 0 radical (unpaired) electrons. The predicted octanol–water partition coefficient (Wildman–Crippen LogP) is 2.63. The molecule has 1 amide bonds. The minimum Gasteiger partial charge on any atom is -0.506 e. The van der Waals surface area contributed by atoms with Crippen LogP contribution in [0.5, 0.6) is 5.75 Å². The summed E-state index contributed by atoms with van der Waals surface area (Å²) in [5.74, 6) is -1.57. The fourth-order valence-corrected chi connectivity index (χ4v) is 5.66. The molecule has 4 rings (SSSR count). The first-order valence-electron chi connectivity index (χ1n) is 10.6. The van der Waals surface area contributed by atoms with E-state index >= 15 is 4.39 Å². The van der Waals surface area contributed by atoms with E-state index in [4.69, 9.17) is 4.74 Å². The topological polar surface area (TPSA) is 116 Å². The summed E-state index contributed by atoms with van der Waals surface area (Å²) in [5.41, 5.74) is -0.397. The van der Waals surface area contributed by atoms with Crippen molar-refractivity contribution in [3.63, 3.8) is 0 Å². The van der Waals surface area contributed by atoms with E-state index in [-0.39, 0.29) is 17.8 Å². The van der Waals surface area contributed by atoms with Gasteiger partial charge in [0.25, 0.3) is 0 Å². The first kappa shape index (κ1) is 23.2. The Morgan fingerprint density at radius 2 is 2.03 bits per heavy atom. The second kappa shape index (κ2) is 8.14. The number of rotatable bonds is 3. The van der Waals surface area contributed by atoms with Gasteiger partial charge in [0.2, 0.25) is 0 Å². The van der Waals surface area contributed by atoms with E-state index in [2.05, 4.69) is 4.72 Å². The number of anilines is 1. The van der Waals surface area contributed by atoms with Crippen LogP contribution in [0, 0.1) is 5.82 Å². The average Bonchev–Trinajstić information content (AvgIpc) is 3.32. The molecule has 2 aliphatic rings. The molecule has 0 aliphatic carbocycles. The van der Waals surface area contributed by atoms with E-state index in [1.54, 1.807) is 43.9 Å². The number of phenols is 1. The van der Waals surface area contributed by atoms with Crippen LogP contribution in [0.4, 0.5) is 14.9 Å². The third-order valence-corrected chi connectivity index (χ3v) is 7.28. The number of aldehydes is 1. The summed E-state index contributed by atoms with van der Waals surface area (Å²) in [6.45, 7) is 6.07. The third-order valence-electron chi connectivity index (χ3n) is 5.78. The Kier molecular flexibility index (Phi) is 5.73. The van der Waals surface area contributed by atoms with Crippen LogP contribution in [0.3, 0.4) is 0 Å². The molecular formula is C22H26FN3O6S. The lowest BCUT2D eigenvalue weighted by Crippen LogP contribution is -2.36. The van der Waals surface area contributed by atoms with Crippen molar-refractivity contribution in [3.8, 4) is 5.75 Å². The number of fused-ring (bicyclic) bond motifs is 1. The molecule has 0 saturated carbocycles. The Morgan fingerprint density at radius 3 is 2.70 bits per heavy atom. The largest absolute Gasteiger partial charge is 0.506 e. The van der Waals surface area contributed by atoms with Crippen LogP contribution in [0.1, 0.15) is 38.7 Å². The number of likely N-dealkylation sites (tertiary alicyclic amines) is 1. The van der Waals surface area contributed by atoms with Gasteiger partial charge in [-0.2, -0.15) is 13.1 Å². The van der Waals surface area contributed by atoms with Crippen LogP contribution in [0.15, 0.2) is 24.3 Å². The Balaban J connectivity index is 1.69. The second-order valence-corrected chi connectivity index (χ2v) is 10.9. The van der Waals surface area contributed by atoms with Crippen molar-refractivity contribution >= 4 is 39.0 Å². The number of phenolic OH excluding ortho intramolecular Hbond substituents is 1. The summed E-state index contributed by atoms with van der Waals surface area (Å²) >= 11 is 0.